The van der Waals surface area contributed by atoms with Crippen molar-refractivity contribution in [3.05, 3.63) is 54.3 Å². The molecule has 0 saturated carbocycles. The molecule has 5 rings (SSSR count). The van der Waals surface area contributed by atoms with Gasteiger partial charge in [0.25, 0.3) is 5.91 Å². The first-order valence-corrected chi connectivity index (χ1v) is 9.33. The number of aromatic nitrogens is 3. The zero-order chi connectivity index (χ0) is 19.3. The van der Waals surface area contributed by atoms with Gasteiger partial charge in [0.05, 0.1) is 25.5 Å². The Morgan fingerprint density at radius 3 is 2.93 bits per heavy atom. The molecular formula is C21H20N4O3. The highest BCUT2D eigenvalue weighted by Gasteiger charge is 2.27. The van der Waals surface area contributed by atoms with Crippen molar-refractivity contribution in [3.63, 3.8) is 0 Å². The van der Waals surface area contributed by atoms with Gasteiger partial charge in [0.15, 0.2) is 11.5 Å². The third-order valence-corrected chi connectivity index (χ3v) is 5.18. The fourth-order valence-electron chi connectivity index (χ4n) is 3.71. The van der Waals surface area contributed by atoms with Crippen molar-refractivity contribution in [1.29, 1.82) is 0 Å². The van der Waals surface area contributed by atoms with Crippen LogP contribution in [-0.2, 0) is 4.74 Å². The lowest BCUT2D eigenvalue weighted by atomic mass is 10.1. The fraction of sp³-hybridized carbons (Fsp3) is 0.286. The van der Waals surface area contributed by atoms with Gasteiger partial charge in [-0.05, 0) is 42.3 Å². The number of morpholine rings is 1. The van der Waals surface area contributed by atoms with Crippen molar-refractivity contribution in [3.8, 4) is 11.1 Å². The molecule has 1 atom stereocenters. The SMILES string of the molecule is Cc1nc2cc(-c3ccc4ncc(C(=O)N5CCOC[C@@H]5C)n4c3)ccc2o1. The largest absolute Gasteiger partial charge is 0.441 e. The Kier molecular flexibility index (Phi) is 3.91. The maximum Gasteiger partial charge on any atom is 0.272 e. The van der Waals surface area contributed by atoms with Crippen molar-refractivity contribution in [2.45, 2.75) is 19.9 Å². The van der Waals surface area contributed by atoms with Crippen LogP contribution in [0.25, 0.3) is 27.9 Å². The third-order valence-electron chi connectivity index (χ3n) is 5.18. The molecule has 1 aliphatic rings. The summed E-state index contributed by atoms with van der Waals surface area (Å²) in [5, 5.41) is 0. The molecular weight excluding hydrogens is 356 g/mol. The molecule has 1 saturated heterocycles. The first kappa shape index (κ1) is 16.9. The summed E-state index contributed by atoms with van der Waals surface area (Å²) in [7, 11) is 0. The van der Waals surface area contributed by atoms with Crippen molar-refractivity contribution in [2.24, 2.45) is 0 Å². The highest BCUT2D eigenvalue weighted by atomic mass is 16.5. The number of aryl methyl sites for hydroxylation is 1. The Balaban J connectivity index is 1.56. The van der Waals surface area contributed by atoms with E-state index in [2.05, 4.69) is 9.97 Å². The summed E-state index contributed by atoms with van der Waals surface area (Å²) in [6.45, 7) is 5.55. The highest BCUT2D eigenvalue weighted by Crippen LogP contribution is 2.26. The summed E-state index contributed by atoms with van der Waals surface area (Å²) in [5.74, 6) is 0.618. The van der Waals surface area contributed by atoms with Crippen LogP contribution in [0.4, 0.5) is 0 Å². The van der Waals surface area contributed by atoms with Crippen LogP contribution >= 0.6 is 0 Å². The van der Waals surface area contributed by atoms with Crippen LogP contribution in [-0.4, -0.2) is 51.0 Å². The molecule has 4 aromatic rings. The van der Waals surface area contributed by atoms with Gasteiger partial charge in [-0.25, -0.2) is 9.97 Å². The summed E-state index contributed by atoms with van der Waals surface area (Å²) in [5.41, 5.74) is 4.88. The zero-order valence-electron chi connectivity index (χ0n) is 15.8. The number of rotatable bonds is 2. The van der Waals surface area contributed by atoms with Gasteiger partial charge in [0.2, 0.25) is 0 Å². The minimum Gasteiger partial charge on any atom is -0.441 e. The molecule has 4 heterocycles. The van der Waals surface area contributed by atoms with E-state index in [1.807, 2.05) is 59.7 Å². The quantitative estimate of drug-likeness (QED) is 0.537. The minimum atomic E-state index is -0.0250. The van der Waals surface area contributed by atoms with E-state index in [-0.39, 0.29) is 11.9 Å². The number of amides is 1. The monoisotopic (exact) mass is 376 g/mol. The number of benzene rings is 1. The molecule has 0 N–H and O–H groups in total. The number of carbonyl (C=O) groups is 1. The predicted octanol–water partition coefficient (Wildman–Crippen LogP) is 3.31. The molecule has 0 aliphatic carbocycles. The second-order valence-electron chi connectivity index (χ2n) is 7.13. The number of hydrogen-bond acceptors (Lipinski definition) is 5. The van der Waals surface area contributed by atoms with Crippen LogP contribution in [0.5, 0.6) is 0 Å². The summed E-state index contributed by atoms with van der Waals surface area (Å²) in [6, 6.07) is 9.89. The normalized spacial score (nSPS) is 17.5. The van der Waals surface area contributed by atoms with Gasteiger partial charge in [-0.15, -0.1) is 0 Å². The molecule has 1 aromatic carbocycles. The number of nitrogens with zero attached hydrogens (tertiary/aromatic N) is 4. The van der Waals surface area contributed by atoms with Gasteiger partial charge in [-0.3, -0.25) is 9.20 Å². The van der Waals surface area contributed by atoms with Gasteiger partial charge in [-0.2, -0.15) is 0 Å². The lowest BCUT2D eigenvalue weighted by molar-refractivity contribution is 0.00321. The molecule has 1 aliphatic heterocycles. The fourth-order valence-corrected chi connectivity index (χ4v) is 3.71. The van der Waals surface area contributed by atoms with E-state index < -0.39 is 0 Å². The Morgan fingerprint density at radius 1 is 1.21 bits per heavy atom. The topological polar surface area (TPSA) is 72.9 Å². The average molecular weight is 376 g/mol. The minimum absolute atomic E-state index is 0.0250. The number of pyridine rings is 1. The van der Waals surface area contributed by atoms with E-state index in [4.69, 9.17) is 9.15 Å². The van der Waals surface area contributed by atoms with Crippen LogP contribution in [0.15, 0.2) is 47.1 Å². The summed E-state index contributed by atoms with van der Waals surface area (Å²) in [6.07, 6.45) is 3.60. The standard InChI is InChI=1S/C21H20N4O3/c1-13-12-27-8-7-24(13)21(26)18-10-22-20-6-4-16(11-25(18)20)15-3-5-19-17(9-15)23-14(2)28-19/h3-6,9-11,13H,7-8,12H2,1-2H3/t13-/m0/s1. The molecule has 7 nitrogen and oxygen atoms in total. The summed E-state index contributed by atoms with van der Waals surface area (Å²) >= 11 is 0. The maximum absolute atomic E-state index is 13.1. The molecule has 0 spiro atoms. The third kappa shape index (κ3) is 2.75. The average Bonchev–Trinajstić information content (AvgIpc) is 3.29. The Hall–Kier alpha value is -3.19. The number of imidazole rings is 1. The number of fused-ring (bicyclic) bond motifs is 2. The van der Waals surface area contributed by atoms with Crippen LogP contribution in [0, 0.1) is 6.92 Å². The van der Waals surface area contributed by atoms with Crippen LogP contribution in [0.2, 0.25) is 0 Å². The van der Waals surface area contributed by atoms with Crippen molar-refractivity contribution in [2.75, 3.05) is 19.8 Å². The molecule has 28 heavy (non-hydrogen) atoms. The van der Waals surface area contributed by atoms with Crippen molar-refractivity contribution >= 4 is 22.7 Å². The molecule has 0 radical (unpaired) electrons. The predicted molar refractivity (Wildman–Crippen MR) is 104 cm³/mol. The molecule has 0 bridgehead atoms. The molecule has 1 amide bonds. The number of hydrogen-bond donors (Lipinski definition) is 0. The number of carbonyl (C=O) groups excluding carboxylic acids is 1. The highest BCUT2D eigenvalue weighted by molar-refractivity contribution is 5.94. The van der Waals surface area contributed by atoms with E-state index in [1.54, 1.807) is 6.20 Å². The molecule has 3 aromatic heterocycles. The van der Waals surface area contributed by atoms with E-state index in [0.29, 0.717) is 31.3 Å². The van der Waals surface area contributed by atoms with E-state index in [1.165, 1.54) is 0 Å². The van der Waals surface area contributed by atoms with Gasteiger partial charge >= 0.3 is 0 Å². The lowest BCUT2D eigenvalue weighted by Crippen LogP contribution is -2.47. The van der Waals surface area contributed by atoms with E-state index in [9.17, 15) is 4.79 Å². The molecule has 1 fully saturated rings. The second kappa shape index (κ2) is 6.45. The molecule has 0 unspecified atom stereocenters. The summed E-state index contributed by atoms with van der Waals surface area (Å²) < 4.78 is 12.9. The lowest BCUT2D eigenvalue weighted by Gasteiger charge is -2.33. The van der Waals surface area contributed by atoms with E-state index >= 15 is 0 Å². The molecule has 142 valence electrons. The number of oxazole rings is 1. The number of ether oxygens (including phenoxy) is 1. The van der Waals surface area contributed by atoms with Gasteiger partial charge < -0.3 is 14.1 Å². The first-order valence-electron chi connectivity index (χ1n) is 9.33. The van der Waals surface area contributed by atoms with Gasteiger partial charge in [0, 0.05) is 19.7 Å². The van der Waals surface area contributed by atoms with Gasteiger partial charge in [-0.1, -0.05) is 6.07 Å². The summed E-state index contributed by atoms with van der Waals surface area (Å²) in [4.78, 5) is 23.8. The van der Waals surface area contributed by atoms with Crippen LogP contribution in [0.3, 0.4) is 0 Å². The van der Waals surface area contributed by atoms with Crippen molar-refractivity contribution < 1.29 is 13.9 Å². The Morgan fingerprint density at radius 2 is 2.07 bits per heavy atom. The first-order chi connectivity index (χ1) is 13.6. The molecule has 7 heteroatoms. The van der Waals surface area contributed by atoms with Gasteiger partial charge in [0.1, 0.15) is 16.9 Å². The Labute approximate surface area is 161 Å². The maximum atomic E-state index is 13.1. The Bertz CT molecular complexity index is 1190. The second-order valence-corrected chi connectivity index (χ2v) is 7.13. The van der Waals surface area contributed by atoms with Crippen molar-refractivity contribution in [1.82, 2.24) is 19.3 Å². The van der Waals surface area contributed by atoms with Crippen LogP contribution in [0.1, 0.15) is 23.3 Å². The zero-order valence-corrected chi connectivity index (χ0v) is 15.8. The van der Waals surface area contributed by atoms with E-state index in [0.717, 1.165) is 27.9 Å². The smallest absolute Gasteiger partial charge is 0.272 e. The van der Waals surface area contributed by atoms with Crippen LogP contribution < -0.4 is 0 Å².